The van der Waals surface area contributed by atoms with Crippen LogP contribution in [0.3, 0.4) is 0 Å². The molecule has 0 bridgehead atoms. The quantitative estimate of drug-likeness (QED) is 0.660. The van der Waals surface area contributed by atoms with Crippen LogP contribution in [0, 0.1) is 0 Å². The van der Waals surface area contributed by atoms with E-state index in [-0.39, 0.29) is 17.2 Å². The minimum Gasteiger partial charge on any atom is -0.511 e. The van der Waals surface area contributed by atoms with Crippen LogP contribution in [0.15, 0.2) is 10.8 Å². The first kappa shape index (κ1) is 12.4. The maximum Gasteiger partial charge on any atom is 0.190 e. The molecule has 0 amide bonds. The third-order valence-electron chi connectivity index (χ3n) is 1.71. The molecule has 0 saturated carbocycles. The van der Waals surface area contributed by atoms with Gasteiger partial charge >= 0.3 is 0 Å². The number of halogens is 6. The molecule has 0 aromatic rings. The monoisotopic (exact) mass is 302 g/mol. The molecule has 1 unspecified atom stereocenters. The van der Waals surface area contributed by atoms with Crippen LogP contribution in [0.5, 0.6) is 0 Å². The molecule has 0 saturated heterocycles. The van der Waals surface area contributed by atoms with Gasteiger partial charge in [0.25, 0.3) is 0 Å². The maximum absolute atomic E-state index is 9.29. The van der Waals surface area contributed by atoms with E-state index < -0.39 is 14.0 Å². The molecule has 1 aliphatic rings. The van der Waals surface area contributed by atoms with Gasteiger partial charge in [-0.2, -0.15) is 0 Å². The lowest BCUT2D eigenvalue weighted by Gasteiger charge is -2.39. The van der Waals surface area contributed by atoms with Crippen molar-refractivity contribution < 1.29 is 5.11 Å². The lowest BCUT2D eigenvalue weighted by atomic mass is 10.0. The molecule has 0 aliphatic heterocycles. The molecular weight excluding hydrogens is 301 g/mol. The Balaban J connectivity index is 3.22. The first-order valence-electron chi connectivity index (χ1n) is 3.19. The van der Waals surface area contributed by atoms with Gasteiger partial charge in [-0.15, -0.1) is 11.6 Å². The molecule has 0 radical (unpaired) electrons. The highest BCUT2D eigenvalue weighted by atomic mass is 35.5. The average molecular weight is 305 g/mol. The smallest absolute Gasteiger partial charge is 0.190 e. The summed E-state index contributed by atoms with van der Waals surface area (Å²) >= 11 is 34.6. The van der Waals surface area contributed by atoms with Crippen LogP contribution in [-0.2, 0) is 0 Å². The van der Waals surface area contributed by atoms with Gasteiger partial charge in [-0.1, -0.05) is 58.0 Å². The van der Waals surface area contributed by atoms with Gasteiger partial charge in [-0.05, 0) is 0 Å². The van der Waals surface area contributed by atoms with E-state index in [1.165, 1.54) is 0 Å². The lowest BCUT2D eigenvalue weighted by molar-refractivity contribution is 0.360. The summed E-state index contributed by atoms with van der Waals surface area (Å²) in [6.07, 6.45) is 0.0363. The van der Waals surface area contributed by atoms with E-state index >= 15 is 0 Å². The van der Waals surface area contributed by atoms with E-state index in [1.807, 2.05) is 0 Å². The first-order valence-corrected chi connectivity index (χ1v) is 5.51. The largest absolute Gasteiger partial charge is 0.511 e. The van der Waals surface area contributed by atoms with Crippen LogP contribution in [0.1, 0.15) is 6.42 Å². The zero-order valence-electron chi connectivity index (χ0n) is 6.00. The van der Waals surface area contributed by atoms with Crippen molar-refractivity contribution in [3.8, 4) is 0 Å². The molecule has 13 heavy (non-hydrogen) atoms. The number of allylic oxidation sites excluding steroid dienone is 2. The van der Waals surface area contributed by atoms with Crippen molar-refractivity contribution in [1.82, 2.24) is 0 Å². The molecule has 0 spiro atoms. The van der Waals surface area contributed by atoms with Crippen molar-refractivity contribution in [1.29, 1.82) is 0 Å². The van der Waals surface area contributed by atoms with E-state index in [1.54, 1.807) is 0 Å². The number of aliphatic hydroxyl groups excluding tert-OH is 1. The van der Waals surface area contributed by atoms with Gasteiger partial charge in [-0.3, -0.25) is 0 Å². The summed E-state index contributed by atoms with van der Waals surface area (Å²) in [5.74, 6) is -0.191. The van der Waals surface area contributed by atoms with Gasteiger partial charge in [0.2, 0.25) is 0 Å². The summed E-state index contributed by atoms with van der Waals surface area (Å²) in [7, 11) is 0. The first-order chi connectivity index (χ1) is 5.71. The van der Waals surface area contributed by atoms with Gasteiger partial charge in [-0.25, -0.2) is 0 Å². The Morgan fingerprint density at radius 1 is 1.23 bits per heavy atom. The maximum atomic E-state index is 9.29. The molecule has 1 nitrogen and oxygen atoms in total. The van der Waals surface area contributed by atoms with Crippen LogP contribution in [0.4, 0.5) is 0 Å². The fourth-order valence-electron chi connectivity index (χ4n) is 0.912. The number of hydrogen-bond donors (Lipinski definition) is 1. The van der Waals surface area contributed by atoms with E-state index in [0.717, 1.165) is 0 Å². The number of hydrogen-bond acceptors (Lipinski definition) is 1. The Morgan fingerprint density at radius 3 is 2.15 bits per heavy atom. The SMILES string of the molecule is OC1=C(Cl)C(Cl)(Cl)C(Cl)(Cl)C(Cl)C1. The van der Waals surface area contributed by atoms with Crippen LogP contribution < -0.4 is 0 Å². The van der Waals surface area contributed by atoms with Gasteiger partial charge in [0, 0.05) is 6.42 Å². The topological polar surface area (TPSA) is 20.2 Å². The highest BCUT2D eigenvalue weighted by molar-refractivity contribution is 6.68. The molecule has 1 N–H and O–H groups in total. The second-order valence-corrected chi connectivity index (χ2v) is 6.25. The molecule has 0 heterocycles. The van der Waals surface area contributed by atoms with Crippen molar-refractivity contribution >= 4 is 69.6 Å². The van der Waals surface area contributed by atoms with E-state index in [4.69, 9.17) is 69.6 Å². The van der Waals surface area contributed by atoms with Crippen LogP contribution in [-0.4, -0.2) is 19.2 Å². The van der Waals surface area contributed by atoms with E-state index in [9.17, 15) is 5.11 Å². The molecule has 7 heteroatoms. The summed E-state index contributed by atoms with van der Waals surface area (Å²) in [5.41, 5.74) is 0. The Kier molecular flexibility index (Phi) is 3.51. The van der Waals surface area contributed by atoms with Crippen molar-refractivity contribution in [2.24, 2.45) is 0 Å². The predicted molar refractivity (Wildman–Crippen MR) is 58.6 cm³/mol. The Bertz CT molecular complexity index is 258. The number of alkyl halides is 5. The minimum absolute atomic E-state index is 0.0363. The lowest BCUT2D eigenvalue weighted by Crippen LogP contribution is -2.47. The summed E-state index contributed by atoms with van der Waals surface area (Å²) in [5, 5.41) is 8.31. The molecule has 1 rings (SSSR count). The molecule has 76 valence electrons. The molecule has 1 aliphatic carbocycles. The number of aliphatic hydroxyl groups is 1. The average Bonchev–Trinajstić information content (AvgIpc) is 2.00. The standard InChI is InChI=1S/C6H4Cl6O/c7-3-1-2(13)4(8)6(11,12)5(3,9)10/h3,13H,1H2. The Morgan fingerprint density at radius 2 is 1.69 bits per heavy atom. The minimum atomic E-state index is -1.79. The fraction of sp³-hybridized carbons (Fsp3) is 0.667. The Hall–Kier alpha value is 1.28. The van der Waals surface area contributed by atoms with Crippen molar-refractivity contribution in [2.45, 2.75) is 20.5 Å². The van der Waals surface area contributed by atoms with Crippen molar-refractivity contribution in [3.05, 3.63) is 10.8 Å². The third-order valence-corrected chi connectivity index (χ3v) is 5.57. The summed E-state index contributed by atoms with van der Waals surface area (Å²) < 4.78 is -3.41. The van der Waals surface area contributed by atoms with Crippen molar-refractivity contribution in [2.75, 3.05) is 0 Å². The summed E-state index contributed by atoms with van der Waals surface area (Å²) in [4.78, 5) is 0. The normalized spacial score (nSPS) is 32.0. The second-order valence-electron chi connectivity index (χ2n) is 2.63. The zero-order valence-corrected chi connectivity index (χ0v) is 10.5. The molecule has 0 aromatic heterocycles. The third kappa shape index (κ3) is 1.84. The molecule has 0 fully saturated rings. The van der Waals surface area contributed by atoms with Crippen LogP contribution in [0.25, 0.3) is 0 Å². The Labute approximate surface area is 105 Å². The molecule has 0 aromatic carbocycles. The van der Waals surface area contributed by atoms with Gasteiger partial charge in [0.15, 0.2) is 8.67 Å². The zero-order chi connectivity index (χ0) is 10.4. The fourth-order valence-corrected chi connectivity index (χ4v) is 2.48. The highest BCUT2D eigenvalue weighted by Gasteiger charge is 2.58. The highest BCUT2D eigenvalue weighted by Crippen LogP contribution is 2.56. The van der Waals surface area contributed by atoms with Crippen molar-refractivity contribution in [3.63, 3.8) is 0 Å². The van der Waals surface area contributed by atoms with E-state index in [2.05, 4.69) is 0 Å². The second kappa shape index (κ2) is 3.70. The van der Waals surface area contributed by atoms with Gasteiger partial charge < -0.3 is 5.11 Å². The van der Waals surface area contributed by atoms with E-state index in [0.29, 0.717) is 0 Å². The van der Waals surface area contributed by atoms with Crippen LogP contribution >= 0.6 is 69.6 Å². The summed E-state index contributed by atoms with van der Waals surface area (Å²) in [6, 6.07) is 0. The molecule has 1 atom stereocenters. The summed E-state index contributed by atoms with van der Waals surface area (Å²) in [6.45, 7) is 0. The van der Waals surface area contributed by atoms with Crippen LogP contribution in [0.2, 0.25) is 0 Å². The van der Waals surface area contributed by atoms with Gasteiger partial charge in [0.05, 0.1) is 10.4 Å². The number of rotatable bonds is 0. The van der Waals surface area contributed by atoms with Gasteiger partial charge in [0.1, 0.15) is 5.76 Å². The molecular formula is C6H4Cl6O. The predicted octanol–water partition coefficient (Wildman–Crippen LogP) is 4.35.